The van der Waals surface area contributed by atoms with Crippen molar-refractivity contribution in [2.24, 2.45) is 4.99 Å². The van der Waals surface area contributed by atoms with E-state index in [2.05, 4.69) is 46.8 Å². The highest BCUT2D eigenvalue weighted by molar-refractivity contribution is 5.86. The van der Waals surface area contributed by atoms with E-state index in [1.807, 2.05) is 18.0 Å². The van der Waals surface area contributed by atoms with Gasteiger partial charge in [0.05, 0.1) is 19.4 Å². The molecule has 0 spiro atoms. The lowest BCUT2D eigenvalue weighted by Gasteiger charge is -2.22. The molecule has 0 saturated heterocycles. The van der Waals surface area contributed by atoms with E-state index < -0.39 is 0 Å². The van der Waals surface area contributed by atoms with Crippen molar-refractivity contribution in [3.63, 3.8) is 0 Å². The van der Waals surface area contributed by atoms with E-state index >= 15 is 0 Å². The maximum atomic E-state index is 11.9. The van der Waals surface area contributed by atoms with Crippen LogP contribution in [0, 0.1) is 0 Å². The summed E-state index contributed by atoms with van der Waals surface area (Å²) in [7, 11) is 3.66. The Hall–Kier alpha value is -2.76. The van der Waals surface area contributed by atoms with Crippen molar-refractivity contribution in [2.45, 2.75) is 26.4 Å². The average Bonchev–Trinajstić information content (AvgIpc) is 3.14. The summed E-state index contributed by atoms with van der Waals surface area (Å²) < 4.78 is 5.18. The van der Waals surface area contributed by atoms with Crippen LogP contribution < -0.4 is 10.6 Å². The fourth-order valence-corrected chi connectivity index (χ4v) is 2.43. The maximum Gasteiger partial charge on any atom is 0.239 e. The Morgan fingerprint density at radius 1 is 1.16 bits per heavy atom. The van der Waals surface area contributed by atoms with Gasteiger partial charge >= 0.3 is 0 Å². The van der Waals surface area contributed by atoms with Crippen molar-refractivity contribution in [3.05, 3.63) is 59.5 Å². The molecule has 1 amide bonds. The molecule has 6 nitrogen and oxygen atoms in total. The lowest BCUT2D eigenvalue weighted by Crippen LogP contribution is -2.43. The van der Waals surface area contributed by atoms with Crippen molar-refractivity contribution in [2.75, 3.05) is 20.6 Å². The van der Waals surface area contributed by atoms with Crippen LogP contribution in [0.1, 0.15) is 23.8 Å². The van der Waals surface area contributed by atoms with E-state index in [9.17, 15) is 4.79 Å². The zero-order valence-electron chi connectivity index (χ0n) is 15.1. The second kappa shape index (κ2) is 9.52. The molecule has 0 radical (unpaired) electrons. The molecule has 2 rings (SSSR count). The monoisotopic (exact) mass is 342 g/mol. The topological polar surface area (TPSA) is 69.9 Å². The summed E-state index contributed by atoms with van der Waals surface area (Å²) in [5.74, 6) is 1.29. The highest BCUT2D eigenvalue weighted by Crippen LogP contribution is 2.07. The van der Waals surface area contributed by atoms with Gasteiger partial charge in [0.1, 0.15) is 5.76 Å². The molecule has 2 N–H and O–H groups in total. The smallest absolute Gasteiger partial charge is 0.239 e. The summed E-state index contributed by atoms with van der Waals surface area (Å²) in [6.45, 7) is 3.40. The summed E-state index contributed by atoms with van der Waals surface area (Å²) >= 11 is 0. The maximum absolute atomic E-state index is 11.9. The first-order valence-corrected chi connectivity index (χ1v) is 8.41. The molecule has 25 heavy (non-hydrogen) atoms. The highest BCUT2D eigenvalue weighted by Gasteiger charge is 2.09. The molecule has 1 aromatic heterocycles. The van der Waals surface area contributed by atoms with Gasteiger partial charge in [-0.2, -0.15) is 0 Å². The van der Waals surface area contributed by atoms with E-state index in [0.29, 0.717) is 12.5 Å². The van der Waals surface area contributed by atoms with Gasteiger partial charge in [0.25, 0.3) is 0 Å². The SMILES string of the molecule is CCc1ccc(CN(C)C(=NC)NCC(=O)NCc2ccco2)cc1. The molecular weight excluding hydrogens is 316 g/mol. The lowest BCUT2D eigenvalue weighted by molar-refractivity contribution is -0.120. The predicted octanol–water partition coefficient (Wildman–Crippen LogP) is 2.17. The van der Waals surface area contributed by atoms with E-state index in [1.165, 1.54) is 11.1 Å². The second-order valence-electron chi connectivity index (χ2n) is 5.78. The van der Waals surface area contributed by atoms with E-state index in [0.717, 1.165) is 18.7 Å². The van der Waals surface area contributed by atoms with Crippen molar-refractivity contribution < 1.29 is 9.21 Å². The van der Waals surface area contributed by atoms with Gasteiger partial charge < -0.3 is 20.0 Å². The first kappa shape index (κ1) is 18.6. The summed E-state index contributed by atoms with van der Waals surface area (Å²) in [6, 6.07) is 12.1. The lowest BCUT2D eigenvalue weighted by atomic mass is 10.1. The highest BCUT2D eigenvalue weighted by atomic mass is 16.3. The molecule has 0 saturated carbocycles. The van der Waals surface area contributed by atoms with Crippen LogP contribution in [0.2, 0.25) is 0 Å². The van der Waals surface area contributed by atoms with Gasteiger partial charge in [0.2, 0.25) is 5.91 Å². The molecule has 6 heteroatoms. The van der Waals surface area contributed by atoms with Crippen LogP contribution in [0.15, 0.2) is 52.1 Å². The number of hydrogen-bond donors (Lipinski definition) is 2. The summed E-state index contributed by atoms with van der Waals surface area (Å²) in [4.78, 5) is 18.1. The minimum Gasteiger partial charge on any atom is -0.467 e. The molecule has 0 bridgehead atoms. The molecule has 1 heterocycles. The van der Waals surface area contributed by atoms with Gasteiger partial charge in [-0.25, -0.2) is 0 Å². The Kier molecular flexibility index (Phi) is 7.07. The molecule has 0 aliphatic heterocycles. The number of aliphatic imine (C=N–C) groups is 1. The molecule has 0 atom stereocenters. The summed E-state index contributed by atoms with van der Waals surface area (Å²) in [5, 5.41) is 5.87. The van der Waals surface area contributed by atoms with E-state index in [-0.39, 0.29) is 12.5 Å². The Morgan fingerprint density at radius 2 is 1.88 bits per heavy atom. The van der Waals surface area contributed by atoms with Crippen LogP contribution in [0.4, 0.5) is 0 Å². The number of hydrogen-bond acceptors (Lipinski definition) is 3. The Bertz CT molecular complexity index is 678. The molecule has 134 valence electrons. The minimum atomic E-state index is -0.113. The largest absolute Gasteiger partial charge is 0.467 e. The van der Waals surface area contributed by atoms with Gasteiger partial charge in [-0.15, -0.1) is 0 Å². The second-order valence-corrected chi connectivity index (χ2v) is 5.78. The third-order valence-corrected chi connectivity index (χ3v) is 3.87. The molecular formula is C19H26N4O2. The average molecular weight is 342 g/mol. The van der Waals surface area contributed by atoms with Crippen LogP contribution in [0.25, 0.3) is 0 Å². The van der Waals surface area contributed by atoms with Gasteiger partial charge in [0.15, 0.2) is 5.96 Å². The fraction of sp³-hybridized carbons (Fsp3) is 0.368. The summed E-state index contributed by atoms with van der Waals surface area (Å²) in [6.07, 6.45) is 2.62. The predicted molar refractivity (Wildman–Crippen MR) is 99.2 cm³/mol. The van der Waals surface area contributed by atoms with E-state index in [1.54, 1.807) is 19.4 Å². The Morgan fingerprint density at radius 3 is 2.48 bits per heavy atom. The number of guanidine groups is 1. The van der Waals surface area contributed by atoms with Gasteiger partial charge in [0, 0.05) is 20.6 Å². The number of carbonyl (C=O) groups excluding carboxylic acids is 1. The molecule has 0 fully saturated rings. The third-order valence-electron chi connectivity index (χ3n) is 3.87. The zero-order chi connectivity index (χ0) is 18.1. The number of nitrogens with one attached hydrogen (secondary N) is 2. The standard InChI is InChI=1S/C19H26N4O2/c1-4-15-7-9-16(10-8-15)14-23(3)19(20-2)22-13-18(24)21-12-17-6-5-11-25-17/h5-11H,4,12-14H2,1-3H3,(H,20,22)(H,21,24). The van der Waals surface area contributed by atoms with Crippen LogP contribution in [-0.2, 0) is 24.3 Å². The quantitative estimate of drug-likeness (QED) is 0.598. The first-order valence-electron chi connectivity index (χ1n) is 8.41. The van der Waals surface area contributed by atoms with Crippen molar-refractivity contribution in [1.29, 1.82) is 0 Å². The number of aryl methyl sites for hydroxylation is 1. The van der Waals surface area contributed by atoms with Gasteiger partial charge in [-0.3, -0.25) is 9.79 Å². The van der Waals surface area contributed by atoms with Crippen molar-refractivity contribution >= 4 is 11.9 Å². The molecule has 0 aliphatic rings. The number of carbonyl (C=O) groups is 1. The third kappa shape index (κ3) is 5.99. The van der Waals surface area contributed by atoms with Gasteiger partial charge in [-0.1, -0.05) is 31.2 Å². The number of furan rings is 1. The molecule has 2 aromatic rings. The van der Waals surface area contributed by atoms with Gasteiger partial charge in [-0.05, 0) is 29.7 Å². The Labute approximate surface area is 148 Å². The van der Waals surface area contributed by atoms with Crippen molar-refractivity contribution in [3.8, 4) is 0 Å². The number of amides is 1. The summed E-state index contributed by atoms with van der Waals surface area (Å²) in [5.41, 5.74) is 2.52. The number of benzene rings is 1. The zero-order valence-corrected chi connectivity index (χ0v) is 15.1. The van der Waals surface area contributed by atoms with Crippen molar-refractivity contribution in [1.82, 2.24) is 15.5 Å². The molecule has 0 aliphatic carbocycles. The van der Waals surface area contributed by atoms with E-state index in [4.69, 9.17) is 4.42 Å². The van der Waals surface area contributed by atoms with Crippen LogP contribution in [0.5, 0.6) is 0 Å². The normalized spacial score (nSPS) is 11.2. The fourth-order valence-electron chi connectivity index (χ4n) is 2.43. The molecule has 0 unspecified atom stereocenters. The minimum absolute atomic E-state index is 0.113. The Balaban J connectivity index is 1.78. The first-order chi connectivity index (χ1) is 12.1. The number of nitrogens with zero attached hydrogens (tertiary/aromatic N) is 2. The van der Waals surface area contributed by atoms with Crippen LogP contribution in [-0.4, -0.2) is 37.4 Å². The van der Waals surface area contributed by atoms with Crippen LogP contribution >= 0.6 is 0 Å². The number of rotatable bonds is 7. The molecule has 1 aromatic carbocycles. The van der Waals surface area contributed by atoms with Crippen LogP contribution in [0.3, 0.4) is 0 Å².